The van der Waals surface area contributed by atoms with E-state index >= 15 is 0 Å². The topological polar surface area (TPSA) is 62.3 Å². The molecule has 104 valence electrons. The Morgan fingerprint density at radius 1 is 1.53 bits per heavy atom. The lowest BCUT2D eigenvalue weighted by Gasteiger charge is -2.21. The summed E-state index contributed by atoms with van der Waals surface area (Å²) in [4.78, 5) is 29.1. The Balaban J connectivity index is 2.98. The number of likely N-dealkylation sites (N-methyl/N-ethyl adjacent to an activating group) is 1. The van der Waals surface area contributed by atoms with Crippen LogP contribution in [0.5, 0.6) is 0 Å². The maximum Gasteiger partial charge on any atom is 0.257 e. The molecular weight excluding hydrogens is 334 g/mol. The summed E-state index contributed by atoms with van der Waals surface area (Å²) < 4.78 is 0.664. The third kappa shape index (κ3) is 4.47. The maximum atomic E-state index is 12.4. The quantitative estimate of drug-likeness (QED) is 0.829. The number of amides is 2. The van der Waals surface area contributed by atoms with Crippen molar-refractivity contribution in [3.8, 4) is 0 Å². The van der Waals surface area contributed by atoms with Gasteiger partial charge < -0.3 is 10.2 Å². The Morgan fingerprint density at radius 2 is 2.21 bits per heavy atom. The van der Waals surface area contributed by atoms with E-state index in [2.05, 4.69) is 26.2 Å². The monoisotopic (exact) mass is 347 g/mol. The van der Waals surface area contributed by atoms with Crippen LogP contribution in [0.15, 0.2) is 16.7 Å². The molecule has 0 radical (unpaired) electrons. The number of rotatable bonds is 5. The Bertz CT molecular complexity index is 482. The van der Waals surface area contributed by atoms with Crippen LogP contribution in [0.2, 0.25) is 5.15 Å². The Labute approximate surface area is 125 Å². The second kappa shape index (κ2) is 7.45. The molecular formula is C12H15BrClN3O2. The maximum absolute atomic E-state index is 12.4. The van der Waals surface area contributed by atoms with Gasteiger partial charge in [-0.15, -0.1) is 0 Å². The van der Waals surface area contributed by atoms with Crippen LogP contribution in [-0.4, -0.2) is 41.8 Å². The zero-order chi connectivity index (χ0) is 14.4. The van der Waals surface area contributed by atoms with Crippen LogP contribution in [0, 0.1) is 0 Å². The Kier molecular flexibility index (Phi) is 6.24. The highest BCUT2D eigenvalue weighted by Gasteiger charge is 2.20. The standard InChI is InChI=1S/C12H15BrClN3O2/c1-3-4-17(7-10(18)15-2)12(19)9-5-8(13)6-16-11(9)14/h5-6H,3-4,7H2,1-2H3,(H,15,18). The molecule has 0 aromatic carbocycles. The van der Waals surface area contributed by atoms with E-state index in [1.165, 1.54) is 18.1 Å². The highest BCUT2D eigenvalue weighted by molar-refractivity contribution is 9.10. The van der Waals surface area contributed by atoms with Crippen molar-refractivity contribution in [2.24, 2.45) is 0 Å². The van der Waals surface area contributed by atoms with Gasteiger partial charge in [0, 0.05) is 24.3 Å². The third-order valence-electron chi connectivity index (χ3n) is 2.43. The van der Waals surface area contributed by atoms with Crippen LogP contribution >= 0.6 is 27.5 Å². The van der Waals surface area contributed by atoms with Crippen molar-refractivity contribution in [1.29, 1.82) is 0 Å². The summed E-state index contributed by atoms with van der Waals surface area (Å²) in [6.07, 6.45) is 2.27. The minimum atomic E-state index is -0.302. The van der Waals surface area contributed by atoms with Gasteiger partial charge in [-0.05, 0) is 28.4 Å². The largest absolute Gasteiger partial charge is 0.358 e. The summed E-state index contributed by atoms with van der Waals surface area (Å²) in [5.41, 5.74) is 0.286. The molecule has 1 aromatic heterocycles. The predicted octanol–water partition coefficient (Wildman–Crippen LogP) is 2.10. The van der Waals surface area contributed by atoms with Crippen molar-refractivity contribution in [1.82, 2.24) is 15.2 Å². The first kappa shape index (κ1) is 15.9. The zero-order valence-electron chi connectivity index (χ0n) is 10.7. The molecule has 7 heteroatoms. The van der Waals surface area contributed by atoms with E-state index in [0.717, 1.165) is 6.42 Å². The van der Waals surface area contributed by atoms with Crippen molar-refractivity contribution in [3.05, 3.63) is 27.5 Å². The van der Waals surface area contributed by atoms with E-state index in [1.54, 1.807) is 6.07 Å². The summed E-state index contributed by atoms with van der Waals surface area (Å²) in [6.45, 7) is 2.42. The van der Waals surface area contributed by atoms with Crippen LogP contribution in [0.25, 0.3) is 0 Å². The molecule has 0 saturated heterocycles. The first-order chi connectivity index (χ1) is 8.99. The predicted molar refractivity (Wildman–Crippen MR) is 77.2 cm³/mol. The van der Waals surface area contributed by atoms with E-state index < -0.39 is 0 Å². The number of nitrogens with one attached hydrogen (secondary N) is 1. The first-order valence-corrected chi connectivity index (χ1v) is 6.97. The van der Waals surface area contributed by atoms with E-state index in [0.29, 0.717) is 11.0 Å². The molecule has 19 heavy (non-hydrogen) atoms. The van der Waals surface area contributed by atoms with Crippen molar-refractivity contribution in [3.63, 3.8) is 0 Å². The van der Waals surface area contributed by atoms with Crippen LogP contribution in [0.1, 0.15) is 23.7 Å². The van der Waals surface area contributed by atoms with Gasteiger partial charge in [0.25, 0.3) is 5.91 Å². The number of halogens is 2. The molecule has 2 amide bonds. The molecule has 0 aliphatic rings. The van der Waals surface area contributed by atoms with Gasteiger partial charge in [-0.1, -0.05) is 18.5 Å². The van der Waals surface area contributed by atoms with Crippen molar-refractivity contribution in [2.45, 2.75) is 13.3 Å². The van der Waals surface area contributed by atoms with Crippen molar-refractivity contribution >= 4 is 39.3 Å². The molecule has 0 aliphatic heterocycles. The molecule has 5 nitrogen and oxygen atoms in total. The molecule has 1 rings (SSSR count). The molecule has 0 unspecified atom stereocenters. The molecule has 1 N–H and O–H groups in total. The minimum absolute atomic E-state index is 0.00597. The lowest BCUT2D eigenvalue weighted by atomic mass is 10.2. The normalized spacial score (nSPS) is 10.1. The lowest BCUT2D eigenvalue weighted by molar-refractivity contribution is -0.121. The number of aromatic nitrogens is 1. The smallest absolute Gasteiger partial charge is 0.257 e. The number of carbonyl (C=O) groups excluding carboxylic acids is 2. The van der Waals surface area contributed by atoms with Gasteiger partial charge in [-0.2, -0.15) is 0 Å². The first-order valence-electron chi connectivity index (χ1n) is 5.80. The van der Waals surface area contributed by atoms with Gasteiger partial charge in [0.2, 0.25) is 5.91 Å². The highest BCUT2D eigenvalue weighted by Crippen LogP contribution is 2.19. The summed E-state index contributed by atoms with van der Waals surface area (Å²) in [5, 5.41) is 2.63. The Morgan fingerprint density at radius 3 is 2.79 bits per heavy atom. The zero-order valence-corrected chi connectivity index (χ0v) is 13.1. The average Bonchev–Trinajstić information content (AvgIpc) is 2.40. The number of carbonyl (C=O) groups is 2. The van der Waals surface area contributed by atoms with Gasteiger partial charge in [0.15, 0.2) is 0 Å². The molecule has 0 spiro atoms. The van der Waals surface area contributed by atoms with Crippen LogP contribution < -0.4 is 5.32 Å². The van der Waals surface area contributed by atoms with E-state index in [1.807, 2.05) is 6.92 Å². The summed E-state index contributed by atoms with van der Waals surface area (Å²) in [6, 6.07) is 1.60. The van der Waals surface area contributed by atoms with Crippen LogP contribution in [-0.2, 0) is 4.79 Å². The Hall–Kier alpha value is -1.14. The third-order valence-corrected chi connectivity index (χ3v) is 3.17. The number of pyridine rings is 1. The average molecular weight is 349 g/mol. The summed E-state index contributed by atoms with van der Waals surface area (Å²) in [7, 11) is 1.53. The summed E-state index contributed by atoms with van der Waals surface area (Å²) >= 11 is 9.17. The van der Waals surface area contributed by atoms with Gasteiger partial charge in [-0.3, -0.25) is 9.59 Å². The lowest BCUT2D eigenvalue weighted by Crippen LogP contribution is -2.40. The van der Waals surface area contributed by atoms with E-state index in [9.17, 15) is 9.59 Å². The van der Waals surface area contributed by atoms with Gasteiger partial charge in [0.1, 0.15) is 5.15 Å². The number of hydrogen-bond acceptors (Lipinski definition) is 3. The van der Waals surface area contributed by atoms with Crippen LogP contribution in [0.4, 0.5) is 0 Å². The molecule has 0 atom stereocenters. The number of nitrogens with zero attached hydrogens (tertiary/aromatic N) is 2. The molecule has 0 fully saturated rings. The van der Waals surface area contributed by atoms with Gasteiger partial charge in [0.05, 0.1) is 12.1 Å². The van der Waals surface area contributed by atoms with Crippen LogP contribution in [0.3, 0.4) is 0 Å². The highest BCUT2D eigenvalue weighted by atomic mass is 79.9. The minimum Gasteiger partial charge on any atom is -0.358 e. The van der Waals surface area contributed by atoms with Gasteiger partial charge in [-0.25, -0.2) is 4.98 Å². The van der Waals surface area contributed by atoms with E-state index in [-0.39, 0.29) is 29.1 Å². The second-order valence-corrected chi connectivity index (χ2v) is 5.17. The van der Waals surface area contributed by atoms with Crippen molar-refractivity contribution < 1.29 is 9.59 Å². The molecule has 1 aromatic rings. The molecule has 1 heterocycles. The molecule has 0 saturated carbocycles. The second-order valence-electron chi connectivity index (χ2n) is 3.89. The van der Waals surface area contributed by atoms with E-state index in [4.69, 9.17) is 11.6 Å². The molecule has 0 bridgehead atoms. The fraction of sp³-hybridized carbons (Fsp3) is 0.417. The summed E-state index contributed by atoms with van der Waals surface area (Å²) in [5.74, 6) is -0.523. The molecule has 0 aliphatic carbocycles. The number of hydrogen-bond donors (Lipinski definition) is 1. The fourth-order valence-electron chi connectivity index (χ4n) is 1.52. The SMILES string of the molecule is CCCN(CC(=O)NC)C(=O)c1cc(Br)cnc1Cl. The van der Waals surface area contributed by atoms with Crippen molar-refractivity contribution in [2.75, 3.05) is 20.1 Å². The fourth-order valence-corrected chi connectivity index (χ4v) is 2.03. The van der Waals surface area contributed by atoms with Gasteiger partial charge >= 0.3 is 0 Å².